The highest BCUT2D eigenvalue weighted by atomic mass is 16.2. The monoisotopic (exact) mass is 275 g/mol. The molecule has 106 valence electrons. The fourth-order valence-corrected chi connectivity index (χ4v) is 2.22. The summed E-state index contributed by atoms with van der Waals surface area (Å²) in [6, 6.07) is 7.00. The van der Waals surface area contributed by atoms with E-state index in [2.05, 4.69) is 5.43 Å². The van der Waals surface area contributed by atoms with E-state index in [1.165, 1.54) is 0 Å². The van der Waals surface area contributed by atoms with E-state index < -0.39 is 11.3 Å². The minimum absolute atomic E-state index is 0.00202. The minimum atomic E-state index is -0.938. The third kappa shape index (κ3) is 2.42. The van der Waals surface area contributed by atoms with Gasteiger partial charge in [0.15, 0.2) is 0 Å². The van der Waals surface area contributed by atoms with Crippen molar-refractivity contribution in [3.8, 4) is 0 Å². The van der Waals surface area contributed by atoms with Crippen LogP contribution in [0.1, 0.15) is 29.8 Å². The Morgan fingerprint density at radius 1 is 1.35 bits per heavy atom. The predicted octanol–water partition coefficient (Wildman–Crippen LogP) is 0.228. The molecule has 3 N–H and O–H groups in total. The first kappa shape index (κ1) is 14.2. The summed E-state index contributed by atoms with van der Waals surface area (Å²) in [7, 11) is 0. The summed E-state index contributed by atoms with van der Waals surface area (Å²) >= 11 is 0. The average Bonchev–Trinajstić information content (AvgIpc) is 2.42. The molecule has 0 atom stereocenters. The highest BCUT2D eigenvalue weighted by Gasteiger charge is 2.37. The number of carbonyl (C=O) groups excluding carboxylic acids is 3. The van der Waals surface area contributed by atoms with Crippen molar-refractivity contribution >= 4 is 17.7 Å². The molecule has 0 spiro atoms. The summed E-state index contributed by atoms with van der Waals surface area (Å²) in [5.41, 5.74) is 2.35. The van der Waals surface area contributed by atoms with Gasteiger partial charge in [0.05, 0.1) is 11.8 Å². The lowest BCUT2D eigenvalue weighted by Gasteiger charge is -2.33. The zero-order valence-corrected chi connectivity index (χ0v) is 11.5. The minimum Gasteiger partial charge on any atom is -0.294 e. The summed E-state index contributed by atoms with van der Waals surface area (Å²) < 4.78 is 0. The predicted molar refractivity (Wildman–Crippen MR) is 72.3 cm³/mol. The fraction of sp³-hybridized carbons (Fsp3) is 0.357. The van der Waals surface area contributed by atoms with Crippen molar-refractivity contribution in [1.29, 1.82) is 0 Å². The van der Waals surface area contributed by atoms with Crippen LogP contribution >= 0.6 is 0 Å². The lowest BCUT2D eigenvalue weighted by Crippen LogP contribution is -2.52. The van der Waals surface area contributed by atoms with Gasteiger partial charge in [-0.25, -0.2) is 5.84 Å². The van der Waals surface area contributed by atoms with E-state index in [9.17, 15) is 14.4 Å². The number of amides is 3. The Bertz CT molecular complexity index is 581. The summed E-state index contributed by atoms with van der Waals surface area (Å²) in [4.78, 5) is 37.3. The molecule has 0 aliphatic carbocycles. The molecule has 1 heterocycles. The molecule has 6 nitrogen and oxygen atoms in total. The summed E-state index contributed by atoms with van der Waals surface area (Å²) in [5.74, 6) is 4.04. The third-order valence-electron chi connectivity index (χ3n) is 3.43. The first-order chi connectivity index (χ1) is 9.36. The number of nitrogens with one attached hydrogen (secondary N) is 1. The van der Waals surface area contributed by atoms with Crippen LogP contribution in [0.25, 0.3) is 0 Å². The number of nitrogens with zero attached hydrogens (tertiary/aromatic N) is 1. The molecule has 0 bridgehead atoms. The first-order valence-corrected chi connectivity index (χ1v) is 6.30. The SMILES string of the molecule is CC(C)(CN1C(=O)Cc2ccccc2C1=O)C(=O)NN. The number of carbonyl (C=O) groups is 3. The van der Waals surface area contributed by atoms with Crippen molar-refractivity contribution in [2.45, 2.75) is 20.3 Å². The van der Waals surface area contributed by atoms with Crippen molar-refractivity contribution in [2.24, 2.45) is 11.3 Å². The van der Waals surface area contributed by atoms with Crippen LogP contribution < -0.4 is 11.3 Å². The summed E-state index contributed by atoms with van der Waals surface area (Å²) in [6.45, 7) is 3.27. The molecule has 1 aliphatic rings. The molecule has 20 heavy (non-hydrogen) atoms. The second kappa shape index (κ2) is 5.05. The summed E-state index contributed by atoms with van der Waals surface area (Å²) in [5, 5.41) is 0. The lowest BCUT2D eigenvalue weighted by molar-refractivity contribution is -0.134. The molecule has 1 aromatic carbocycles. The number of nitrogens with two attached hydrogens (primary N) is 1. The smallest absolute Gasteiger partial charge is 0.260 e. The van der Waals surface area contributed by atoms with E-state index in [0.717, 1.165) is 10.5 Å². The molecule has 0 unspecified atom stereocenters. The van der Waals surface area contributed by atoms with Crippen molar-refractivity contribution in [3.63, 3.8) is 0 Å². The van der Waals surface area contributed by atoms with Gasteiger partial charge >= 0.3 is 0 Å². The molecule has 0 radical (unpaired) electrons. The second-order valence-electron chi connectivity index (χ2n) is 5.48. The van der Waals surface area contributed by atoms with E-state index in [4.69, 9.17) is 5.84 Å². The Hall–Kier alpha value is -2.21. The summed E-state index contributed by atoms with van der Waals surface area (Å²) in [6.07, 6.45) is 0.169. The highest BCUT2D eigenvalue weighted by molar-refractivity contribution is 6.10. The van der Waals surface area contributed by atoms with Crippen LogP contribution in [0.2, 0.25) is 0 Å². The van der Waals surface area contributed by atoms with Crippen LogP contribution in [-0.4, -0.2) is 29.2 Å². The molecule has 1 aliphatic heterocycles. The van der Waals surface area contributed by atoms with Crippen molar-refractivity contribution in [3.05, 3.63) is 35.4 Å². The normalized spacial score (nSPS) is 15.1. The van der Waals surface area contributed by atoms with Gasteiger partial charge in [-0.2, -0.15) is 0 Å². The quantitative estimate of drug-likeness (QED) is 0.357. The molecule has 0 saturated carbocycles. The van der Waals surface area contributed by atoms with E-state index in [-0.39, 0.29) is 24.8 Å². The van der Waals surface area contributed by atoms with Gasteiger partial charge in [0.25, 0.3) is 5.91 Å². The number of hydrazine groups is 1. The Kier molecular flexibility index (Phi) is 3.59. The van der Waals surface area contributed by atoms with Gasteiger partial charge in [0.1, 0.15) is 0 Å². The Morgan fingerprint density at radius 2 is 2.00 bits per heavy atom. The number of hydrogen-bond donors (Lipinski definition) is 2. The molecule has 6 heteroatoms. The van der Waals surface area contributed by atoms with E-state index >= 15 is 0 Å². The third-order valence-corrected chi connectivity index (χ3v) is 3.43. The molecule has 0 aromatic heterocycles. The molecule has 0 saturated heterocycles. The van der Waals surface area contributed by atoms with Crippen LogP contribution in [0.4, 0.5) is 0 Å². The number of benzene rings is 1. The zero-order chi connectivity index (χ0) is 14.9. The van der Waals surface area contributed by atoms with Crippen LogP contribution in [0.5, 0.6) is 0 Å². The van der Waals surface area contributed by atoms with Crippen LogP contribution in [-0.2, 0) is 16.0 Å². The largest absolute Gasteiger partial charge is 0.294 e. The van der Waals surface area contributed by atoms with E-state index in [0.29, 0.717) is 5.56 Å². The molecular weight excluding hydrogens is 258 g/mol. The lowest BCUT2D eigenvalue weighted by atomic mass is 9.89. The highest BCUT2D eigenvalue weighted by Crippen LogP contribution is 2.24. The Balaban J connectivity index is 2.29. The zero-order valence-electron chi connectivity index (χ0n) is 11.5. The van der Waals surface area contributed by atoms with Crippen LogP contribution in [0.15, 0.2) is 24.3 Å². The fourth-order valence-electron chi connectivity index (χ4n) is 2.22. The number of imide groups is 1. The maximum atomic E-state index is 12.4. The van der Waals surface area contributed by atoms with Crippen LogP contribution in [0.3, 0.4) is 0 Å². The van der Waals surface area contributed by atoms with Crippen molar-refractivity contribution in [2.75, 3.05) is 6.54 Å². The molecule has 0 fully saturated rings. The standard InChI is InChI=1S/C14H17N3O3/c1-14(2,13(20)16-15)8-17-11(18)7-9-5-3-4-6-10(9)12(17)19/h3-6H,7-8,15H2,1-2H3,(H,16,20). The second-order valence-corrected chi connectivity index (χ2v) is 5.48. The first-order valence-electron chi connectivity index (χ1n) is 6.30. The van der Waals surface area contributed by atoms with Crippen molar-refractivity contribution in [1.82, 2.24) is 10.3 Å². The number of fused-ring (bicyclic) bond motifs is 1. The van der Waals surface area contributed by atoms with Gasteiger partial charge in [0, 0.05) is 12.1 Å². The Morgan fingerprint density at radius 3 is 2.65 bits per heavy atom. The topological polar surface area (TPSA) is 92.5 Å². The van der Waals surface area contributed by atoms with E-state index in [1.807, 2.05) is 0 Å². The van der Waals surface area contributed by atoms with Gasteiger partial charge < -0.3 is 0 Å². The van der Waals surface area contributed by atoms with Gasteiger partial charge in [-0.1, -0.05) is 18.2 Å². The number of hydrogen-bond acceptors (Lipinski definition) is 4. The van der Waals surface area contributed by atoms with Gasteiger partial charge in [-0.3, -0.25) is 24.7 Å². The van der Waals surface area contributed by atoms with Crippen LogP contribution in [0, 0.1) is 5.41 Å². The molecule has 2 rings (SSSR count). The van der Waals surface area contributed by atoms with Gasteiger partial charge in [0.2, 0.25) is 11.8 Å². The maximum Gasteiger partial charge on any atom is 0.260 e. The molecular formula is C14H17N3O3. The molecule has 3 amide bonds. The average molecular weight is 275 g/mol. The molecule has 1 aromatic rings. The maximum absolute atomic E-state index is 12.4. The van der Waals surface area contributed by atoms with E-state index in [1.54, 1.807) is 38.1 Å². The van der Waals surface area contributed by atoms with Crippen molar-refractivity contribution < 1.29 is 14.4 Å². The number of rotatable bonds is 3. The van der Waals surface area contributed by atoms with Gasteiger partial charge in [-0.05, 0) is 25.5 Å². The van der Waals surface area contributed by atoms with Gasteiger partial charge in [-0.15, -0.1) is 0 Å². The Labute approximate surface area is 116 Å².